The van der Waals surface area contributed by atoms with Crippen LogP contribution in [-0.4, -0.2) is 35.6 Å². The van der Waals surface area contributed by atoms with Crippen LogP contribution >= 0.6 is 0 Å². The minimum atomic E-state index is -0.657. The molecular weight excluding hydrogens is 238 g/mol. The highest BCUT2D eigenvalue weighted by atomic mass is 16.4. The highest BCUT2D eigenvalue weighted by Crippen LogP contribution is 2.16. The molecule has 0 bridgehead atoms. The Morgan fingerprint density at radius 3 is 2.11 bits per heavy atom. The van der Waals surface area contributed by atoms with E-state index >= 15 is 0 Å². The van der Waals surface area contributed by atoms with E-state index in [1.54, 1.807) is 0 Å². The van der Waals surface area contributed by atoms with Crippen molar-refractivity contribution in [1.29, 1.82) is 0 Å². The van der Waals surface area contributed by atoms with Gasteiger partial charge in [0.15, 0.2) is 0 Å². The zero-order valence-electron chi connectivity index (χ0n) is 12.6. The molecule has 0 atom stereocenters. The zero-order valence-corrected chi connectivity index (χ0v) is 12.6. The largest absolute Gasteiger partial charge is 0.481 e. The molecule has 0 spiro atoms. The minimum absolute atomic E-state index is 0.341. The second-order valence-corrected chi connectivity index (χ2v) is 6.14. The number of hydrogen-bond acceptors (Lipinski definition) is 2. The Bertz CT molecular complexity index is 235. The molecule has 0 unspecified atom stereocenters. The molecule has 112 valence electrons. The van der Waals surface area contributed by atoms with E-state index in [2.05, 4.69) is 11.8 Å². The van der Waals surface area contributed by atoms with Crippen molar-refractivity contribution in [2.75, 3.05) is 19.6 Å². The van der Waals surface area contributed by atoms with Crippen LogP contribution < -0.4 is 0 Å². The van der Waals surface area contributed by atoms with Crippen LogP contribution in [0, 0.1) is 5.92 Å². The summed E-state index contributed by atoms with van der Waals surface area (Å²) in [6.45, 7) is 6.25. The molecule has 1 aliphatic heterocycles. The number of nitrogens with zero attached hydrogens (tertiary/aromatic N) is 1. The van der Waals surface area contributed by atoms with Crippen LogP contribution in [-0.2, 0) is 4.79 Å². The molecule has 0 saturated carbocycles. The number of aliphatic carboxylic acids is 1. The maximum absolute atomic E-state index is 10.3. The number of piperidine rings is 1. The third-order valence-corrected chi connectivity index (χ3v) is 4.24. The van der Waals surface area contributed by atoms with E-state index in [1.807, 2.05) is 0 Å². The fourth-order valence-corrected chi connectivity index (χ4v) is 2.78. The lowest BCUT2D eigenvalue weighted by molar-refractivity contribution is -0.137. The predicted octanol–water partition coefficient (Wildman–Crippen LogP) is 3.92. The molecule has 1 saturated heterocycles. The van der Waals surface area contributed by atoms with Gasteiger partial charge in [-0.2, -0.15) is 0 Å². The van der Waals surface area contributed by atoms with Crippen LogP contribution in [0.3, 0.4) is 0 Å². The summed E-state index contributed by atoms with van der Waals surface area (Å²) in [5, 5.41) is 8.52. The zero-order chi connectivity index (χ0) is 13.9. The third-order valence-electron chi connectivity index (χ3n) is 4.24. The van der Waals surface area contributed by atoms with Gasteiger partial charge in [0.25, 0.3) is 0 Å². The first-order valence-corrected chi connectivity index (χ1v) is 8.12. The topological polar surface area (TPSA) is 40.5 Å². The Morgan fingerprint density at radius 1 is 1.00 bits per heavy atom. The van der Waals surface area contributed by atoms with Gasteiger partial charge in [-0.15, -0.1) is 0 Å². The average Bonchev–Trinajstić information content (AvgIpc) is 2.38. The van der Waals surface area contributed by atoms with Crippen molar-refractivity contribution in [3.05, 3.63) is 0 Å². The molecule has 19 heavy (non-hydrogen) atoms. The lowest BCUT2D eigenvalue weighted by Gasteiger charge is -2.30. The van der Waals surface area contributed by atoms with Gasteiger partial charge in [-0.1, -0.05) is 39.0 Å². The van der Waals surface area contributed by atoms with Gasteiger partial charge in [-0.25, -0.2) is 0 Å². The first-order valence-electron chi connectivity index (χ1n) is 8.12. The van der Waals surface area contributed by atoms with Gasteiger partial charge in [0.1, 0.15) is 0 Å². The lowest BCUT2D eigenvalue weighted by Crippen LogP contribution is -2.33. The quantitative estimate of drug-likeness (QED) is 0.611. The average molecular weight is 269 g/mol. The van der Waals surface area contributed by atoms with E-state index in [1.165, 1.54) is 64.6 Å². The molecule has 1 heterocycles. The maximum atomic E-state index is 10.3. The highest BCUT2D eigenvalue weighted by Gasteiger charge is 2.14. The number of likely N-dealkylation sites (tertiary alicyclic amines) is 1. The van der Waals surface area contributed by atoms with Gasteiger partial charge in [-0.05, 0) is 51.2 Å². The van der Waals surface area contributed by atoms with Gasteiger partial charge in [0.2, 0.25) is 0 Å². The first kappa shape index (κ1) is 16.5. The predicted molar refractivity (Wildman–Crippen MR) is 79.4 cm³/mol. The Kier molecular flexibility index (Phi) is 8.89. The summed E-state index contributed by atoms with van der Waals surface area (Å²) in [5.41, 5.74) is 0. The summed E-state index contributed by atoms with van der Waals surface area (Å²) in [7, 11) is 0. The number of hydrogen-bond donors (Lipinski definition) is 1. The standard InChI is InChI=1S/C16H31NO2/c1-15-10-13-17(14-11-15)12-8-6-4-2-3-5-7-9-16(18)19/h15H,2-14H2,1H3,(H,18,19). The first-order chi connectivity index (χ1) is 9.18. The molecular formula is C16H31NO2. The molecule has 1 aliphatic rings. The molecule has 0 aliphatic carbocycles. The Balaban J connectivity index is 1.80. The summed E-state index contributed by atoms with van der Waals surface area (Å²) in [4.78, 5) is 13.0. The minimum Gasteiger partial charge on any atom is -0.481 e. The second-order valence-electron chi connectivity index (χ2n) is 6.14. The summed E-state index contributed by atoms with van der Waals surface area (Å²) in [6, 6.07) is 0. The van der Waals surface area contributed by atoms with Crippen molar-refractivity contribution in [3.63, 3.8) is 0 Å². The molecule has 3 heteroatoms. The van der Waals surface area contributed by atoms with E-state index in [9.17, 15) is 4.79 Å². The van der Waals surface area contributed by atoms with Crippen LogP contribution in [0.5, 0.6) is 0 Å². The van der Waals surface area contributed by atoms with E-state index in [0.717, 1.165) is 18.8 Å². The normalized spacial score (nSPS) is 17.7. The van der Waals surface area contributed by atoms with Crippen LogP contribution in [0.15, 0.2) is 0 Å². The number of unbranched alkanes of at least 4 members (excludes halogenated alkanes) is 6. The van der Waals surface area contributed by atoms with E-state index in [0.29, 0.717) is 6.42 Å². The molecule has 1 rings (SSSR count). The Morgan fingerprint density at radius 2 is 1.53 bits per heavy atom. The molecule has 0 aromatic heterocycles. The summed E-state index contributed by atoms with van der Waals surface area (Å²) >= 11 is 0. The summed E-state index contributed by atoms with van der Waals surface area (Å²) in [5.74, 6) is 0.276. The maximum Gasteiger partial charge on any atom is 0.303 e. The number of carboxylic acid groups (broad SMARTS) is 1. The molecule has 0 aromatic rings. The van der Waals surface area contributed by atoms with Crippen LogP contribution in [0.1, 0.15) is 71.1 Å². The van der Waals surface area contributed by atoms with Crippen molar-refractivity contribution in [2.24, 2.45) is 5.92 Å². The fraction of sp³-hybridized carbons (Fsp3) is 0.938. The van der Waals surface area contributed by atoms with Crippen molar-refractivity contribution in [2.45, 2.75) is 71.1 Å². The van der Waals surface area contributed by atoms with Crippen LogP contribution in [0.4, 0.5) is 0 Å². The summed E-state index contributed by atoms with van der Waals surface area (Å²) < 4.78 is 0. The monoisotopic (exact) mass is 269 g/mol. The number of carboxylic acids is 1. The van der Waals surface area contributed by atoms with Crippen LogP contribution in [0.2, 0.25) is 0 Å². The second kappa shape index (κ2) is 10.2. The molecule has 3 nitrogen and oxygen atoms in total. The number of rotatable bonds is 10. The van der Waals surface area contributed by atoms with E-state index < -0.39 is 5.97 Å². The Labute approximate surface area is 118 Å². The molecule has 1 N–H and O–H groups in total. The number of carbonyl (C=O) groups is 1. The molecule has 0 aromatic carbocycles. The van der Waals surface area contributed by atoms with Crippen molar-refractivity contribution >= 4 is 5.97 Å². The van der Waals surface area contributed by atoms with Crippen LogP contribution in [0.25, 0.3) is 0 Å². The van der Waals surface area contributed by atoms with Gasteiger partial charge in [0, 0.05) is 6.42 Å². The lowest BCUT2D eigenvalue weighted by atomic mass is 9.99. The van der Waals surface area contributed by atoms with Gasteiger partial charge < -0.3 is 10.0 Å². The molecule has 0 radical (unpaired) electrons. The van der Waals surface area contributed by atoms with E-state index in [-0.39, 0.29) is 0 Å². The van der Waals surface area contributed by atoms with Gasteiger partial charge >= 0.3 is 5.97 Å². The van der Waals surface area contributed by atoms with Crippen molar-refractivity contribution < 1.29 is 9.90 Å². The SMILES string of the molecule is CC1CCN(CCCCCCCCCC(=O)O)CC1. The highest BCUT2D eigenvalue weighted by molar-refractivity contribution is 5.66. The van der Waals surface area contributed by atoms with E-state index in [4.69, 9.17) is 5.11 Å². The van der Waals surface area contributed by atoms with Crippen molar-refractivity contribution in [1.82, 2.24) is 4.90 Å². The molecule has 0 amide bonds. The Hall–Kier alpha value is -0.570. The van der Waals surface area contributed by atoms with Gasteiger partial charge in [0.05, 0.1) is 0 Å². The molecule has 1 fully saturated rings. The van der Waals surface area contributed by atoms with Crippen molar-refractivity contribution in [3.8, 4) is 0 Å². The fourth-order valence-electron chi connectivity index (χ4n) is 2.78. The summed E-state index contributed by atoms with van der Waals surface area (Å²) in [6.07, 6.45) is 11.5. The third kappa shape index (κ3) is 9.04. The van der Waals surface area contributed by atoms with Gasteiger partial charge in [-0.3, -0.25) is 4.79 Å². The smallest absolute Gasteiger partial charge is 0.303 e.